The third kappa shape index (κ3) is 2.67. The van der Waals surface area contributed by atoms with Crippen molar-refractivity contribution < 1.29 is 0 Å². The second-order valence-electron chi connectivity index (χ2n) is 3.72. The van der Waals surface area contributed by atoms with Gasteiger partial charge in [0.15, 0.2) is 0 Å². The molecule has 2 rings (SSSR count). The van der Waals surface area contributed by atoms with E-state index in [2.05, 4.69) is 34.6 Å². The minimum Gasteiger partial charge on any atom is -0.657 e. The van der Waals surface area contributed by atoms with Crippen molar-refractivity contribution in [1.82, 2.24) is 4.98 Å². The molecule has 0 spiro atoms. The molecule has 0 saturated carbocycles. The lowest BCUT2D eigenvalue weighted by molar-refractivity contribution is 0.768. The summed E-state index contributed by atoms with van der Waals surface area (Å²) in [6.07, 6.45) is 2.73. The molecule has 1 atom stereocenters. The average molecular weight is 211 g/mol. The number of nitrogens with zero attached hydrogens (tertiary/aromatic N) is 2. The lowest BCUT2D eigenvalue weighted by atomic mass is 10.0. The summed E-state index contributed by atoms with van der Waals surface area (Å²) in [6, 6.07) is 16.5. The Balaban J connectivity index is 2.13. The smallest absolute Gasteiger partial charge is 0.0270 e. The third-order valence-corrected chi connectivity index (χ3v) is 2.61. The first-order chi connectivity index (χ1) is 7.90. The first-order valence-corrected chi connectivity index (χ1v) is 5.44. The van der Waals surface area contributed by atoms with Gasteiger partial charge in [0.1, 0.15) is 0 Å². The molecule has 1 heterocycles. The van der Waals surface area contributed by atoms with Crippen LogP contribution in [0.4, 0.5) is 0 Å². The molecule has 0 N–H and O–H groups in total. The molecule has 0 saturated heterocycles. The van der Waals surface area contributed by atoms with Gasteiger partial charge in [-0.1, -0.05) is 42.4 Å². The van der Waals surface area contributed by atoms with Crippen LogP contribution in [0.2, 0.25) is 0 Å². The number of rotatable bonds is 4. The molecule has 0 fully saturated rings. The Bertz CT molecular complexity index is 411. The average Bonchev–Trinajstić information content (AvgIpc) is 2.38. The van der Waals surface area contributed by atoms with Gasteiger partial charge in [-0.3, -0.25) is 4.98 Å². The Morgan fingerprint density at radius 1 is 1.06 bits per heavy atom. The van der Waals surface area contributed by atoms with Crippen LogP contribution < -0.4 is 0 Å². The van der Waals surface area contributed by atoms with Crippen LogP contribution in [-0.2, 0) is 6.42 Å². The molecule has 0 aliphatic carbocycles. The van der Waals surface area contributed by atoms with Crippen molar-refractivity contribution in [1.29, 1.82) is 0 Å². The van der Waals surface area contributed by atoms with Gasteiger partial charge >= 0.3 is 0 Å². The zero-order chi connectivity index (χ0) is 11.2. The Hall–Kier alpha value is -1.67. The Kier molecular flexibility index (Phi) is 3.67. The zero-order valence-electron chi connectivity index (χ0n) is 9.38. The normalized spacial score (nSPS) is 12.3. The maximum atomic E-state index is 4.39. The third-order valence-electron chi connectivity index (χ3n) is 2.61. The molecule has 82 valence electrons. The van der Waals surface area contributed by atoms with Crippen molar-refractivity contribution in [2.75, 3.05) is 7.05 Å². The first kappa shape index (κ1) is 10.8. The van der Waals surface area contributed by atoms with Crippen LogP contribution in [0.3, 0.4) is 0 Å². The maximum absolute atomic E-state index is 4.39. The molecule has 0 radical (unpaired) electrons. The van der Waals surface area contributed by atoms with Gasteiger partial charge in [0.2, 0.25) is 0 Å². The molecule has 2 heteroatoms. The summed E-state index contributed by atoms with van der Waals surface area (Å²) in [7, 11) is 1.85. The van der Waals surface area contributed by atoms with Crippen molar-refractivity contribution in [3.8, 4) is 0 Å². The highest BCUT2D eigenvalue weighted by Gasteiger charge is 2.02. The van der Waals surface area contributed by atoms with Gasteiger partial charge < -0.3 is 5.32 Å². The maximum Gasteiger partial charge on any atom is 0.0270 e. The van der Waals surface area contributed by atoms with Crippen LogP contribution in [0.1, 0.15) is 17.3 Å². The summed E-state index contributed by atoms with van der Waals surface area (Å²) in [5, 5.41) is 4.39. The highest BCUT2D eigenvalue weighted by molar-refractivity contribution is 5.22. The number of aromatic nitrogens is 1. The Labute approximate surface area is 96.4 Å². The van der Waals surface area contributed by atoms with Crippen LogP contribution in [0.5, 0.6) is 0 Å². The summed E-state index contributed by atoms with van der Waals surface area (Å²) in [5.74, 6) is 0. The molecular formula is C14H15N2-. The van der Waals surface area contributed by atoms with Gasteiger partial charge in [-0.05, 0) is 24.1 Å². The molecule has 0 aliphatic heterocycles. The predicted molar refractivity (Wildman–Crippen MR) is 66.4 cm³/mol. The van der Waals surface area contributed by atoms with Gasteiger partial charge in [-0.15, -0.1) is 0 Å². The van der Waals surface area contributed by atoms with Gasteiger partial charge in [0.05, 0.1) is 0 Å². The number of hydrogen-bond acceptors (Lipinski definition) is 1. The number of likely N-dealkylation sites (N-methyl/N-ethyl adjacent to an activating group) is 1. The number of pyridine rings is 1. The van der Waals surface area contributed by atoms with E-state index in [1.165, 1.54) is 5.56 Å². The van der Waals surface area contributed by atoms with Crippen LogP contribution >= 0.6 is 0 Å². The molecule has 1 unspecified atom stereocenters. The predicted octanol–water partition coefficient (Wildman–Crippen LogP) is 3.37. The van der Waals surface area contributed by atoms with Crippen LogP contribution in [-0.4, -0.2) is 12.0 Å². The summed E-state index contributed by atoms with van der Waals surface area (Å²) >= 11 is 0. The minimum absolute atomic E-state index is 0.156. The van der Waals surface area contributed by atoms with E-state index >= 15 is 0 Å². The fraction of sp³-hybridized carbons (Fsp3) is 0.214. The van der Waals surface area contributed by atoms with E-state index in [0.717, 1.165) is 12.1 Å². The SMILES string of the molecule is C[N-]C(Cc1ccccc1)c1ccccn1. The summed E-state index contributed by atoms with van der Waals surface area (Å²) < 4.78 is 0. The second kappa shape index (κ2) is 5.42. The number of hydrogen-bond donors (Lipinski definition) is 0. The Morgan fingerprint density at radius 2 is 1.81 bits per heavy atom. The molecule has 16 heavy (non-hydrogen) atoms. The highest BCUT2D eigenvalue weighted by atomic mass is 14.9. The van der Waals surface area contributed by atoms with E-state index in [0.29, 0.717) is 0 Å². The zero-order valence-corrected chi connectivity index (χ0v) is 9.38. The largest absolute Gasteiger partial charge is 0.657 e. The molecule has 1 aromatic heterocycles. The monoisotopic (exact) mass is 211 g/mol. The van der Waals surface area contributed by atoms with Crippen molar-refractivity contribution in [3.05, 3.63) is 71.3 Å². The first-order valence-electron chi connectivity index (χ1n) is 5.44. The molecule has 2 nitrogen and oxygen atoms in total. The van der Waals surface area contributed by atoms with Crippen molar-refractivity contribution in [3.63, 3.8) is 0 Å². The fourth-order valence-electron chi connectivity index (χ4n) is 1.74. The van der Waals surface area contributed by atoms with E-state index in [1.54, 1.807) is 0 Å². The van der Waals surface area contributed by atoms with Gasteiger partial charge in [0, 0.05) is 11.9 Å². The van der Waals surface area contributed by atoms with Crippen LogP contribution in [0.15, 0.2) is 54.7 Å². The quantitative estimate of drug-likeness (QED) is 0.761. The van der Waals surface area contributed by atoms with E-state index in [4.69, 9.17) is 0 Å². The fourth-order valence-corrected chi connectivity index (χ4v) is 1.74. The molecule has 0 aliphatic rings. The lowest BCUT2D eigenvalue weighted by Gasteiger charge is -2.27. The van der Waals surface area contributed by atoms with Crippen molar-refractivity contribution in [2.45, 2.75) is 12.5 Å². The molecular weight excluding hydrogens is 196 g/mol. The van der Waals surface area contributed by atoms with E-state index in [-0.39, 0.29) is 6.04 Å². The second-order valence-corrected chi connectivity index (χ2v) is 3.72. The lowest BCUT2D eigenvalue weighted by Crippen LogP contribution is -2.03. The van der Waals surface area contributed by atoms with Crippen LogP contribution in [0.25, 0.3) is 5.32 Å². The van der Waals surface area contributed by atoms with Gasteiger partial charge in [0.25, 0.3) is 0 Å². The van der Waals surface area contributed by atoms with Crippen LogP contribution in [0, 0.1) is 0 Å². The van der Waals surface area contributed by atoms with E-state index in [1.807, 2.05) is 37.5 Å². The summed E-state index contributed by atoms with van der Waals surface area (Å²) in [5.41, 5.74) is 2.33. The minimum atomic E-state index is 0.156. The number of benzene rings is 1. The standard InChI is InChI=1S/C14H15N2/c1-15-14(13-9-5-6-10-16-13)11-12-7-3-2-4-8-12/h2-10,14H,11H2,1H3/q-1. The van der Waals surface area contributed by atoms with Crippen molar-refractivity contribution in [2.24, 2.45) is 0 Å². The molecule has 1 aromatic carbocycles. The topological polar surface area (TPSA) is 27.0 Å². The van der Waals surface area contributed by atoms with Crippen molar-refractivity contribution >= 4 is 0 Å². The molecule has 0 bridgehead atoms. The summed E-state index contributed by atoms with van der Waals surface area (Å²) in [4.78, 5) is 4.35. The van der Waals surface area contributed by atoms with E-state index < -0.39 is 0 Å². The van der Waals surface area contributed by atoms with E-state index in [9.17, 15) is 0 Å². The highest BCUT2D eigenvalue weighted by Crippen LogP contribution is 2.22. The Morgan fingerprint density at radius 3 is 2.44 bits per heavy atom. The molecule has 2 aromatic rings. The van der Waals surface area contributed by atoms with Gasteiger partial charge in [-0.25, -0.2) is 0 Å². The molecule has 0 amide bonds. The van der Waals surface area contributed by atoms with Gasteiger partial charge in [-0.2, -0.15) is 7.05 Å². The summed E-state index contributed by atoms with van der Waals surface area (Å²) in [6.45, 7) is 0.